The zero-order valence-electron chi connectivity index (χ0n) is 10.4. The fourth-order valence-corrected chi connectivity index (χ4v) is 2.16. The fourth-order valence-electron chi connectivity index (χ4n) is 2.16. The maximum atomic E-state index is 9.46. The molecule has 0 saturated carbocycles. The SMILES string of the molecule is Cc1ccc(NC2(C#N)CCOCC2C)cc1. The van der Waals surface area contributed by atoms with Gasteiger partial charge in [-0.25, -0.2) is 0 Å². The summed E-state index contributed by atoms with van der Waals surface area (Å²) in [6, 6.07) is 10.6. The van der Waals surface area contributed by atoms with Gasteiger partial charge < -0.3 is 10.1 Å². The van der Waals surface area contributed by atoms with Gasteiger partial charge in [0.25, 0.3) is 0 Å². The normalized spacial score (nSPS) is 28.4. The number of rotatable bonds is 2. The Morgan fingerprint density at radius 3 is 2.71 bits per heavy atom. The summed E-state index contributed by atoms with van der Waals surface area (Å²) in [6.07, 6.45) is 0.735. The highest BCUT2D eigenvalue weighted by Gasteiger charge is 2.39. The van der Waals surface area contributed by atoms with E-state index in [9.17, 15) is 5.26 Å². The molecule has 1 heterocycles. The summed E-state index contributed by atoms with van der Waals surface area (Å²) in [5.74, 6) is 0.197. The molecule has 1 N–H and O–H groups in total. The summed E-state index contributed by atoms with van der Waals surface area (Å²) >= 11 is 0. The summed E-state index contributed by atoms with van der Waals surface area (Å²) < 4.78 is 5.40. The van der Waals surface area contributed by atoms with Crippen LogP contribution in [0.2, 0.25) is 0 Å². The minimum atomic E-state index is -0.493. The number of hydrogen-bond acceptors (Lipinski definition) is 3. The summed E-state index contributed by atoms with van der Waals surface area (Å²) in [6.45, 7) is 5.41. The van der Waals surface area contributed by atoms with E-state index < -0.39 is 5.54 Å². The standard InChI is InChI=1S/C14H18N2O/c1-11-3-5-13(6-4-11)16-14(10-15)7-8-17-9-12(14)2/h3-6,12,16H,7-9H2,1-2H3. The second-order valence-electron chi connectivity index (χ2n) is 4.80. The number of benzene rings is 1. The van der Waals surface area contributed by atoms with Gasteiger partial charge in [-0.3, -0.25) is 0 Å². The number of ether oxygens (including phenoxy) is 1. The van der Waals surface area contributed by atoms with E-state index in [0.717, 1.165) is 12.1 Å². The molecule has 0 aromatic heterocycles. The molecule has 3 nitrogen and oxygen atoms in total. The Balaban J connectivity index is 2.19. The molecule has 17 heavy (non-hydrogen) atoms. The van der Waals surface area contributed by atoms with Crippen LogP contribution in [0, 0.1) is 24.2 Å². The molecule has 0 spiro atoms. The highest BCUT2D eigenvalue weighted by molar-refractivity contribution is 5.49. The summed E-state index contributed by atoms with van der Waals surface area (Å²) in [4.78, 5) is 0. The van der Waals surface area contributed by atoms with Crippen LogP contribution in [0.5, 0.6) is 0 Å². The molecule has 0 radical (unpaired) electrons. The van der Waals surface area contributed by atoms with Gasteiger partial charge in [-0.1, -0.05) is 24.6 Å². The number of aryl methyl sites for hydroxylation is 1. The van der Waals surface area contributed by atoms with E-state index in [1.165, 1.54) is 5.56 Å². The van der Waals surface area contributed by atoms with Crippen LogP contribution in [0.1, 0.15) is 18.9 Å². The summed E-state index contributed by atoms with van der Waals surface area (Å²) in [5, 5.41) is 12.8. The second kappa shape index (κ2) is 4.77. The van der Waals surface area contributed by atoms with Crippen LogP contribution in [-0.4, -0.2) is 18.8 Å². The number of hydrogen-bond donors (Lipinski definition) is 1. The van der Waals surface area contributed by atoms with E-state index in [-0.39, 0.29) is 5.92 Å². The molecule has 1 aliphatic heterocycles. The topological polar surface area (TPSA) is 45.0 Å². The molecule has 2 atom stereocenters. The molecule has 90 valence electrons. The second-order valence-corrected chi connectivity index (χ2v) is 4.80. The van der Waals surface area contributed by atoms with Gasteiger partial charge in [-0.05, 0) is 19.1 Å². The van der Waals surface area contributed by atoms with E-state index in [0.29, 0.717) is 13.2 Å². The largest absolute Gasteiger partial charge is 0.381 e. The zero-order valence-corrected chi connectivity index (χ0v) is 10.4. The van der Waals surface area contributed by atoms with E-state index in [1.54, 1.807) is 0 Å². The van der Waals surface area contributed by atoms with Crippen molar-refractivity contribution in [2.45, 2.75) is 25.8 Å². The van der Waals surface area contributed by atoms with Crippen molar-refractivity contribution in [1.82, 2.24) is 0 Å². The van der Waals surface area contributed by atoms with Crippen LogP contribution >= 0.6 is 0 Å². The number of nitrogens with one attached hydrogen (secondary N) is 1. The van der Waals surface area contributed by atoms with E-state index in [2.05, 4.69) is 37.4 Å². The first kappa shape index (κ1) is 11.9. The van der Waals surface area contributed by atoms with E-state index >= 15 is 0 Å². The molecule has 1 fully saturated rings. The average Bonchev–Trinajstić information content (AvgIpc) is 2.35. The van der Waals surface area contributed by atoms with Crippen LogP contribution < -0.4 is 5.32 Å². The van der Waals surface area contributed by atoms with Crippen molar-refractivity contribution in [3.8, 4) is 6.07 Å². The summed E-state index contributed by atoms with van der Waals surface area (Å²) in [7, 11) is 0. The van der Waals surface area contributed by atoms with Gasteiger partial charge in [0.2, 0.25) is 0 Å². The highest BCUT2D eigenvalue weighted by Crippen LogP contribution is 2.30. The average molecular weight is 230 g/mol. The van der Waals surface area contributed by atoms with Gasteiger partial charge in [-0.15, -0.1) is 0 Å². The Morgan fingerprint density at radius 1 is 1.41 bits per heavy atom. The Bertz CT molecular complexity index is 421. The molecule has 0 aliphatic carbocycles. The molecule has 1 aromatic rings. The molecular weight excluding hydrogens is 212 g/mol. The molecular formula is C14H18N2O. The monoisotopic (exact) mass is 230 g/mol. The lowest BCUT2D eigenvalue weighted by Gasteiger charge is -2.38. The van der Waals surface area contributed by atoms with Crippen LogP contribution in [0.25, 0.3) is 0 Å². The van der Waals surface area contributed by atoms with Crippen LogP contribution in [0.15, 0.2) is 24.3 Å². The Hall–Kier alpha value is -1.53. The molecule has 1 aliphatic rings. The van der Waals surface area contributed by atoms with Crippen molar-refractivity contribution in [2.75, 3.05) is 18.5 Å². The fraction of sp³-hybridized carbons (Fsp3) is 0.500. The molecule has 3 heteroatoms. The quantitative estimate of drug-likeness (QED) is 0.849. The van der Waals surface area contributed by atoms with Crippen molar-refractivity contribution in [2.24, 2.45) is 5.92 Å². The minimum absolute atomic E-state index is 0.197. The summed E-state index contributed by atoms with van der Waals surface area (Å²) in [5.41, 5.74) is 1.74. The van der Waals surface area contributed by atoms with E-state index in [1.807, 2.05) is 12.1 Å². The van der Waals surface area contributed by atoms with Crippen molar-refractivity contribution >= 4 is 5.69 Å². The number of nitriles is 1. The van der Waals surface area contributed by atoms with Crippen LogP contribution in [0.3, 0.4) is 0 Å². The first-order chi connectivity index (χ1) is 8.16. The third-order valence-electron chi connectivity index (χ3n) is 3.47. The first-order valence-corrected chi connectivity index (χ1v) is 6.00. The van der Waals surface area contributed by atoms with Gasteiger partial charge in [0.15, 0.2) is 0 Å². The molecule has 1 aromatic carbocycles. The number of anilines is 1. The van der Waals surface area contributed by atoms with Crippen LogP contribution in [0.4, 0.5) is 5.69 Å². The first-order valence-electron chi connectivity index (χ1n) is 6.00. The molecule has 0 amide bonds. The van der Waals surface area contributed by atoms with Gasteiger partial charge in [0.1, 0.15) is 5.54 Å². The van der Waals surface area contributed by atoms with Crippen molar-refractivity contribution in [3.63, 3.8) is 0 Å². The molecule has 1 saturated heterocycles. The minimum Gasteiger partial charge on any atom is -0.381 e. The van der Waals surface area contributed by atoms with E-state index in [4.69, 9.17) is 4.74 Å². The highest BCUT2D eigenvalue weighted by atomic mass is 16.5. The van der Waals surface area contributed by atoms with Crippen LogP contribution in [-0.2, 0) is 4.74 Å². The smallest absolute Gasteiger partial charge is 0.132 e. The van der Waals surface area contributed by atoms with Crippen molar-refractivity contribution < 1.29 is 4.74 Å². The molecule has 0 bridgehead atoms. The van der Waals surface area contributed by atoms with Crippen molar-refractivity contribution in [1.29, 1.82) is 5.26 Å². The lowest BCUT2D eigenvalue weighted by molar-refractivity contribution is 0.0351. The molecule has 2 rings (SSSR count). The van der Waals surface area contributed by atoms with Gasteiger partial charge in [0.05, 0.1) is 12.7 Å². The van der Waals surface area contributed by atoms with Gasteiger partial charge in [0, 0.05) is 24.6 Å². The Kier molecular flexibility index (Phi) is 3.35. The van der Waals surface area contributed by atoms with Gasteiger partial charge >= 0.3 is 0 Å². The zero-order chi connectivity index (χ0) is 12.3. The Morgan fingerprint density at radius 2 is 2.12 bits per heavy atom. The maximum absolute atomic E-state index is 9.46. The third-order valence-corrected chi connectivity index (χ3v) is 3.47. The predicted molar refractivity (Wildman–Crippen MR) is 67.7 cm³/mol. The lowest BCUT2D eigenvalue weighted by atomic mass is 9.82. The van der Waals surface area contributed by atoms with Gasteiger partial charge in [-0.2, -0.15) is 5.26 Å². The van der Waals surface area contributed by atoms with Crippen molar-refractivity contribution in [3.05, 3.63) is 29.8 Å². The third kappa shape index (κ3) is 2.42. The maximum Gasteiger partial charge on any atom is 0.132 e. The Labute approximate surface area is 102 Å². The lowest BCUT2D eigenvalue weighted by Crippen LogP contribution is -2.49. The molecule has 2 unspecified atom stereocenters. The predicted octanol–water partition coefficient (Wildman–Crippen LogP) is 2.73. The number of nitrogens with zero attached hydrogens (tertiary/aromatic N) is 1.